The van der Waals surface area contributed by atoms with Gasteiger partial charge in [-0.3, -0.25) is 14.3 Å². The van der Waals surface area contributed by atoms with Gasteiger partial charge in [-0.15, -0.1) is 0 Å². The van der Waals surface area contributed by atoms with E-state index in [9.17, 15) is 9.59 Å². The quantitative estimate of drug-likeness (QED) is 0.726. The van der Waals surface area contributed by atoms with Crippen molar-refractivity contribution in [3.05, 3.63) is 47.4 Å². The van der Waals surface area contributed by atoms with E-state index in [-0.39, 0.29) is 18.4 Å². The maximum Gasteiger partial charge on any atom is 0.257 e. The summed E-state index contributed by atoms with van der Waals surface area (Å²) in [5, 5.41) is 8.02. The van der Waals surface area contributed by atoms with Crippen molar-refractivity contribution in [3.8, 4) is 0 Å². The standard InChI is InChI=1S/C20H23N5O3/c1-12-13(2)22-17-5-4-15(8-16(12)17)23-19(26)18-11-25(6-7-28-18)20(27)14-9-21-24(3)10-14/h4-5,8-10,18,22H,6-7,11H2,1-3H3,(H,23,26). The van der Waals surface area contributed by atoms with Crippen LogP contribution in [0.25, 0.3) is 10.9 Å². The molecular formula is C20H23N5O3. The van der Waals surface area contributed by atoms with E-state index in [1.807, 2.05) is 32.0 Å². The highest BCUT2D eigenvalue weighted by Crippen LogP contribution is 2.25. The first-order valence-corrected chi connectivity index (χ1v) is 9.21. The van der Waals surface area contributed by atoms with E-state index < -0.39 is 6.10 Å². The molecule has 0 spiro atoms. The molecule has 0 radical (unpaired) electrons. The number of hydrogen-bond acceptors (Lipinski definition) is 4. The number of anilines is 1. The minimum absolute atomic E-state index is 0.144. The Kier molecular flexibility index (Phi) is 4.64. The first-order valence-electron chi connectivity index (χ1n) is 9.21. The predicted octanol–water partition coefficient (Wildman–Crippen LogP) is 2.00. The number of aryl methyl sites for hydroxylation is 3. The molecule has 1 aromatic carbocycles. The third-order valence-corrected chi connectivity index (χ3v) is 5.17. The fourth-order valence-corrected chi connectivity index (χ4v) is 3.47. The van der Waals surface area contributed by atoms with Crippen LogP contribution >= 0.6 is 0 Å². The van der Waals surface area contributed by atoms with Crippen molar-refractivity contribution >= 4 is 28.4 Å². The number of rotatable bonds is 3. The highest BCUT2D eigenvalue weighted by molar-refractivity contribution is 5.98. The Morgan fingerprint density at radius 1 is 1.32 bits per heavy atom. The Morgan fingerprint density at radius 3 is 2.89 bits per heavy atom. The molecule has 0 aliphatic carbocycles. The zero-order valence-electron chi connectivity index (χ0n) is 16.2. The summed E-state index contributed by atoms with van der Waals surface area (Å²) in [7, 11) is 1.76. The first-order chi connectivity index (χ1) is 13.4. The summed E-state index contributed by atoms with van der Waals surface area (Å²) in [5.41, 5.74) is 4.52. The van der Waals surface area contributed by atoms with Gasteiger partial charge in [0.2, 0.25) is 0 Å². The van der Waals surface area contributed by atoms with Crippen LogP contribution in [0.3, 0.4) is 0 Å². The minimum atomic E-state index is -0.709. The largest absolute Gasteiger partial charge is 0.365 e. The molecule has 8 nitrogen and oxygen atoms in total. The number of fused-ring (bicyclic) bond motifs is 1. The summed E-state index contributed by atoms with van der Waals surface area (Å²) >= 11 is 0. The van der Waals surface area contributed by atoms with E-state index in [1.54, 1.807) is 22.8 Å². The molecule has 2 aromatic heterocycles. The van der Waals surface area contributed by atoms with Gasteiger partial charge in [0.15, 0.2) is 6.10 Å². The number of morpholine rings is 1. The van der Waals surface area contributed by atoms with E-state index in [0.29, 0.717) is 24.4 Å². The van der Waals surface area contributed by atoms with E-state index in [1.165, 1.54) is 6.20 Å². The SMILES string of the molecule is Cc1[nH]c2ccc(NC(=O)C3CN(C(=O)c4cnn(C)c4)CCO3)cc2c1C. The Balaban J connectivity index is 1.45. The average Bonchev–Trinajstić information content (AvgIpc) is 3.25. The molecule has 8 heteroatoms. The lowest BCUT2D eigenvalue weighted by Crippen LogP contribution is -2.50. The van der Waals surface area contributed by atoms with Gasteiger partial charge >= 0.3 is 0 Å². The highest BCUT2D eigenvalue weighted by Gasteiger charge is 2.30. The van der Waals surface area contributed by atoms with Crippen LogP contribution in [0.4, 0.5) is 5.69 Å². The second-order valence-electron chi connectivity index (χ2n) is 7.14. The van der Waals surface area contributed by atoms with Gasteiger partial charge in [0.1, 0.15) is 0 Å². The van der Waals surface area contributed by atoms with Crippen molar-refractivity contribution in [1.82, 2.24) is 19.7 Å². The van der Waals surface area contributed by atoms with E-state index in [2.05, 4.69) is 15.4 Å². The Bertz CT molecular complexity index is 1050. The highest BCUT2D eigenvalue weighted by atomic mass is 16.5. The number of carbonyl (C=O) groups excluding carboxylic acids is 2. The number of amides is 2. The Labute approximate surface area is 162 Å². The van der Waals surface area contributed by atoms with Crippen LogP contribution in [0, 0.1) is 13.8 Å². The third kappa shape index (κ3) is 3.38. The Hall–Kier alpha value is -3.13. The van der Waals surface area contributed by atoms with E-state index in [0.717, 1.165) is 22.2 Å². The number of carbonyl (C=O) groups is 2. The second kappa shape index (κ2) is 7.12. The molecule has 1 aliphatic heterocycles. The molecule has 4 rings (SSSR count). The summed E-state index contributed by atoms with van der Waals surface area (Å²) in [5.74, 6) is -0.401. The first kappa shape index (κ1) is 18.2. The van der Waals surface area contributed by atoms with Crippen LogP contribution in [0.1, 0.15) is 21.6 Å². The number of nitrogens with one attached hydrogen (secondary N) is 2. The van der Waals surface area contributed by atoms with Gasteiger partial charge in [0.25, 0.3) is 11.8 Å². The lowest BCUT2D eigenvalue weighted by Gasteiger charge is -2.32. The summed E-state index contributed by atoms with van der Waals surface area (Å²) in [6.45, 7) is 5.05. The molecule has 1 atom stereocenters. The molecule has 1 aliphatic rings. The van der Waals surface area contributed by atoms with Crippen molar-refractivity contribution in [2.75, 3.05) is 25.0 Å². The zero-order valence-corrected chi connectivity index (χ0v) is 16.2. The van der Waals surface area contributed by atoms with Gasteiger partial charge < -0.3 is 19.9 Å². The number of benzene rings is 1. The number of H-pyrrole nitrogens is 1. The molecule has 1 saturated heterocycles. The predicted molar refractivity (Wildman–Crippen MR) is 105 cm³/mol. The van der Waals surface area contributed by atoms with Gasteiger partial charge in [-0.1, -0.05) is 0 Å². The van der Waals surface area contributed by atoms with Gasteiger partial charge in [0, 0.05) is 42.1 Å². The molecule has 3 heterocycles. The number of aromatic amines is 1. The minimum Gasteiger partial charge on any atom is -0.365 e. The molecule has 146 valence electrons. The summed E-state index contributed by atoms with van der Waals surface area (Å²) in [6.07, 6.45) is 2.49. The van der Waals surface area contributed by atoms with Crippen molar-refractivity contribution < 1.29 is 14.3 Å². The van der Waals surface area contributed by atoms with Crippen LogP contribution in [0.2, 0.25) is 0 Å². The fraction of sp³-hybridized carbons (Fsp3) is 0.350. The molecule has 1 fully saturated rings. The summed E-state index contributed by atoms with van der Waals surface area (Å²) < 4.78 is 7.20. The second-order valence-corrected chi connectivity index (χ2v) is 7.14. The molecule has 2 amide bonds. The molecule has 2 N–H and O–H groups in total. The van der Waals surface area contributed by atoms with Crippen LogP contribution in [-0.2, 0) is 16.6 Å². The normalized spacial score (nSPS) is 17.1. The van der Waals surface area contributed by atoms with Gasteiger partial charge in [-0.2, -0.15) is 5.10 Å². The smallest absolute Gasteiger partial charge is 0.257 e. The van der Waals surface area contributed by atoms with Crippen LogP contribution in [0.5, 0.6) is 0 Å². The topological polar surface area (TPSA) is 92.3 Å². The average molecular weight is 381 g/mol. The number of hydrogen-bond donors (Lipinski definition) is 2. The maximum atomic E-state index is 12.7. The molecule has 0 saturated carbocycles. The van der Waals surface area contributed by atoms with Crippen LogP contribution in [-0.4, -0.2) is 57.3 Å². The lowest BCUT2D eigenvalue weighted by atomic mass is 10.1. The number of ether oxygens (including phenoxy) is 1. The molecule has 0 bridgehead atoms. The maximum absolute atomic E-state index is 12.7. The van der Waals surface area contributed by atoms with Crippen LogP contribution in [0.15, 0.2) is 30.6 Å². The van der Waals surface area contributed by atoms with E-state index >= 15 is 0 Å². The monoisotopic (exact) mass is 381 g/mol. The van der Waals surface area contributed by atoms with E-state index in [4.69, 9.17) is 4.74 Å². The third-order valence-electron chi connectivity index (χ3n) is 5.17. The fourth-order valence-electron chi connectivity index (χ4n) is 3.47. The van der Waals surface area contributed by atoms with Crippen LogP contribution < -0.4 is 5.32 Å². The van der Waals surface area contributed by atoms with Gasteiger partial charge in [-0.25, -0.2) is 0 Å². The summed E-state index contributed by atoms with van der Waals surface area (Å²) in [4.78, 5) is 30.3. The van der Waals surface area contributed by atoms with Crippen molar-refractivity contribution in [1.29, 1.82) is 0 Å². The number of nitrogens with zero attached hydrogens (tertiary/aromatic N) is 3. The lowest BCUT2D eigenvalue weighted by molar-refractivity contribution is -0.131. The Morgan fingerprint density at radius 2 is 2.14 bits per heavy atom. The van der Waals surface area contributed by atoms with Crippen molar-refractivity contribution in [2.45, 2.75) is 20.0 Å². The molecule has 28 heavy (non-hydrogen) atoms. The number of aromatic nitrogens is 3. The van der Waals surface area contributed by atoms with Crippen molar-refractivity contribution in [3.63, 3.8) is 0 Å². The van der Waals surface area contributed by atoms with Gasteiger partial charge in [-0.05, 0) is 37.6 Å². The van der Waals surface area contributed by atoms with Crippen molar-refractivity contribution in [2.24, 2.45) is 7.05 Å². The zero-order chi connectivity index (χ0) is 19.8. The summed E-state index contributed by atoms with van der Waals surface area (Å²) in [6, 6.07) is 5.76. The molecule has 1 unspecified atom stereocenters. The van der Waals surface area contributed by atoms with Gasteiger partial charge in [0.05, 0.1) is 24.9 Å². The molecular weight excluding hydrogens is 358 g/mol. The molecule has 3 aromatic rings.